The number of amides is 1. The summed E-state index contributed by atoms with van der Waals surface area (Å²) in [7, 11) is 0. The molecule has 1 fully saturated rings. The molecule has 0 saturated carbocycles. The van der Waals surface area contributed by atoms with Crippen molar-refractivity contribution in [2.24, 2.45) is 0 Å². The highest BCUT2D eigenvalue weighted by atomic mass is 16.5. The summed E-state index contributed by atoms with van der Waals surface area (Å²) >= 11 is 0. The van der Waals surface area contributed by atoms with Gasteiger partial charge in [0.05, 0.1) is 24.3 Å². The molecule has 0 spiro atoms. The molecular weight excluding hydrogens is 216 g/mol. The largest absolute Gasteiger partial charge is 0.378 e. The molecule has 92 valence electrons. The monoisotopic (exact) mass is 234 g/mol. The molecule has 2 rings (SSSR count). The zero-order valence-electron chi connectivity index (χ0n) is 10.3. The van der Waals surface area contributed by atoms with Crippen molar-refractivity contribution in [2.75, 3.05) is 26.3 Å². The van der Waals surface area contributed by atoms with Gasteiger partial charge in [0, 0.05) is 19.3 Å². The predicted molar refractivity (Wildman–Crippen MR) is 64.7 cm³/mol. The maximum atomic E-state index is 12.5. The topological polar surface area (TPSA) is 42.4 Å². The number of morpholine rings is 1. The average Bonchev–Trinajstić information content (AvgIpc) is 2.40. The lowest BCUT2D eigenvalue weighted by Gasteiger charge is -2.33. The number of pyridine rings is 1. The van der Waals surface area contributed by atoms with Crippen LogP contribution < -0.4 is 0 Å². The van der Waals surface area contributed by atoms with Crippen molar-refractivity contribution in [1.29, 1.82) is 0 Å². The Hall–Kier alpha value is -1.42. The standard InChI is InChI=1S/C13H18N2O2/c1-13(2,11-5-3-4-6-14-11)12(16)15-7-9-17-10-8-15/h3-6H,7-10H2,1-2H3. The Morgan fingerprint density at radius 2 is 2.06 bits per heavy atom. The van der Waals surface area contributed by atoms with Crippen LogP contribution in [0.3, 0.4) is 0 Å². The van der Waals surface area contributed by atoms with E-state index in [1.54, 1.807) is 6.20 Å². The number of aromatic nitrogens is 1. The van der Waals surface area contributed by atoms with E-state index in [1.165, 1.54) is 0 Å². The maximum Gasteiger partial charge on any atom is 0.234 e. The number of ether oxygens (including phenoxy) is 1. The number of rotatable bonds is 2. The molecule has 4 nitrogen and oxygen atoms in total. The van der Waals surface area contributed by atoms with E-state index in [1.807, 2.05) is 36.9 Å². The van der Waals surface area contributed by atoms with Crippen LogP contribution in [0, 0.1) is 0 Å². The summed E-state index contributed by atoms with van der Waals surface area (Å²) in [5.74, 6) is 0.125. The van der Waals surface area contributed by atoms with Crippen LogP contribution in [0.1, 0.15) is 19.5 Å². The van der Waals surface area contributed by atoms with Gasteiger partial charge >= 0.3 is 0 Å². The molecule has 0 aromatic carbocycles. The summed E-state index contributed by atoms with van der Waals surface area (Å²) in [6.45, 7) is 6.46. The van der Waals surface area contributed by atoms with Crippen molar-refractivity contribution >= 4 is 5.91 Å². The van der Waals surface area contributed by atoms with Gasteiger partial charge in [-0.05, 0) is 26.0 Å². The number of hydrogen-bond acceptors (Lipinski definition) is 3. The van der Waals surface area contributed by atoms with Crippen LogP contribution >= 0.6 is 0 Å². The second-order valence-electron chi connectivity index (χ2n) is 4.74. The molecule has 0 atom stereocenters. The van der Waals surface area contributed by atoms with E-state index in [-0.39, 0.29) is 5.91 Å². The van der Waals surface area contributed by atoms with Crippen LogP contribution in [0.25, 0.3) is 0 Å². The van der Waals surface area contributed by atoms with Gasteiger partial charge in [0.25, 0.3) is 0 Å². The Morgan fingerprint density at radius 1 is 1.35 bits per heavy atom. The highest BCUT2D eigenvalue weighted by Crippen LogP contribution is 2.24. The third-order valence-electron chi connectivity index (χ3n) is 3.14. The number of carbonyl (C=O) groups excluding carboxylic acids is 1. The van der Waals surface area contributed by atoms with E-state index in [0.29, 0.717) is 26.3 Å². The van der Waals surface area contributed by atoms with Crippen molar-refractivity contribution in [3.8, 4) is 0 Å². The van der Waals surface area contributed by atoms with Gasteiger partial charge < -0.3 is 9.64 Å². The lowest BCUT2D eigenvalue weighted by atomic mass is 9.87. The van der Waals surface area contributed by atoms with E-state index in [4.69, 9.17) is 4.74 Å². The molecule has 0 radical (unpaired) electrons. The van der Waals surface area contributed by atoms with Gasteiger partial charge in [-0.25, -0.2) is 0 Å². The lowest BCUT2D eigenvalue weighted by Crippen LogP contribution is -2.48. The van der Waals surface area contributed by atoms with Crippen LogP contribution in [0.2, 0.25) is 0 Å². The molecule has 1 amide bonds. The van der Waals surface area contributed by atoms with Gasteiger partial charge in [0.2, 0.25) is 5.91 Å². The summed E-state index contributed by atoms with van der Waals surface area (Å²) < 4.78 is 5.26. The van der Waals surface area contributed by atoms with E-state index >= 15 is 0 Å². The average molecular weight is 234 g/mol. The molecule has 0 unspecified atom stereocenters. The molecule has 1 aliphatic rings. The summed E-state index contributed by atoms with van der Waals surface area (Å²) in [4.78, 5) is 18.6. The Kier molecular flexibility index (Phi) is 3.43. The van der Waals surface area contributed by atoms with Crippen LogP contribution in [0.4, 0.5) is 0 Å². The van der Waals surface area contributed by atoms with Crippen LogP contribution in [-0.2, 0) is 14.9 Å². The fraction of sp³-hybridized carbons (Fsp3) is 0.538. The molecule has 1 aromatic rings. The van der Waals surface area contributed by atoms with Gasteiger partial charge in [0.1, 0.15) is 0 Å². The zero-order valence-corrected chi connectivity index (χ0v) is 10.3. The van der Waals surface area contributed by atoms with E-state index in [0.717, 1.165) is 5.69 Å². The van der Waals surface area contributed by atoms with Crippen molar-refractivity contribution in [3.63, 3.8) is 0 Å². The SMILES string of the molecule is CC(C)(C(=O)N1CCOCC1)c1ccccn1. The van der Waals surface area contributed by atoms with E-state index in [2.05, 4.69) is 4.98 Å². The minimum Gasteiger partial charge on any atom is -0.378 e. The Balaban J connectivity index is 2.17. The first-order valence-electron chi connectivity index (χ1n) is 5.91. The Morgan fingerprint density at radius 3 is 2.65 bits per heavy atom. The van der Waals surface area contributed by atoms with E-state index in [9.17, 15) is 4.79 Å². The van der Waals surface area contributed by atoms with Gasteiger partial charge in [0.15, 0.2) is 0 Å². The Bertz CT molecular complexity index is 384. The second-order valence-corrected chi connectivity index (χ2v) is 4.74. The van der Waals surface area contributed by atoms with Crippen LogP contribution in [-0.4, -0.2) is 42.1 Å². The van der Waals surface area contributed by atoms with Crippen molar-refractivity contribution in [3.05, 3.63) is 30.1 Å². The normalized spacial score (nSPS) is 16.9. The number of hydrogen-bond donors (Lipinski definition) is 0. The molecule has 1 aromatic heterocycles. The first kappa shape index (κ1) is 12.0. The highest BCUT2D eigenvalue weighted by molar-refractivity contribution is 5.86. The molecule has 0 bridgehead atoms. The number of nitrogens with zero attached hydrogens (tertiary/aromatic N) is 2. The first-order chi connectivity index (χ1) is 8.12. The second kappa shape index (κ2) is 4.84. The first-order valence-corrected chi connectivity index (χ1v) is 5.91. The predicted octanol–water partition coefficient (Wildman–Crippen LogP) is 1.22. The molecule has 4 heteroatoms. The summed E-state index contributed by atoms with van der Waals surface area (Å²) in [6.07, 6.45) is 1.73. The molecule has 0 N–H and O–H groups in total. The molecule has 17 heavy (non-hydrogen) atoms. The summed E-state index contributed by atoms with van der Waals surface area (Å²) in [5, 5.41) is 0. The molecular formula is C13H18N2O2. The Labute approximate surface area is 102 Å². The molecule has 1 saturated heterocycles. The minimum absolute atomic E-state index is 0.125. The van der Waals surface area contributed by atoms with Gasteiger partial charge in [-0.15, -0.1) is 0 Å². The minimum atomic E-state index is -0.571. The molecule has 0 aliphatic carbocycles. The van der Waals surface area contributed by atoms with Crippen molar-refractivity contribution < 1.29 is 9.53 Å². The molecule has 2 heterocycles. The van der Waals surface area contributed by atoms with Gasteiger partial charge in [-0.2, -0.15) is 0 Å². The maximum absolute atomic E-state index is 12.5. The quantitative estimate of drug-likeness (QED) is 0.772. The van der Waals surface area contributed by atoms with Crippen LogP contribution in [0.15, 0.2) is 24.4 Å². The van der Waals surface area contributed by atoms with Crippen LogP contribution in [0.5, 0.6) is 0 Å². The fourth-order valence-corrected chi connectivity index (χ4v) is 2.00. The van der Waals surface area contributed by atoms with Crippen molar-refractivity contribution in [2.45, 2.75) is 19.3 Å². The fourth-order valence-electron chi connectivity index (χ4n) is 2.00. The van der Waals surface area contributed by atoms with Crippen molar-refractivity contribution in [1.82, 2.24) is 9.88 Å². The number of carbonyl (C=O) groups is 1. The van der Waals surface area contributed by atoms with Gasteiger partial charge in [-0.1, -0.05) is 6.07 Å². The molecule has 1 aliphatic heterocycles. The highest BCUT2D eigenvalue weighted by Gasteiger charge is 2.35. The van der Waals surface area contributed by atoms with Gasteiger partial charge in [-0.3, -0.25) is 9.78 Å². The zero-order chi connectivity index (χ0) is 12.3. The van der Waals surface area contributed by atoms with E-state index < -0.39 is 5.41 Å². The lowest BCUT2D eigenvalue weighted by molar-refractivity contribution is -0.140. The third-order valence-corrected chi connectivity index (χ3v) is 3.14. The smallest absolute Gasteiger partial charge is 0.234 e. The third kappa shape index (κ3) is 2.47. The summed E-state index contributed by atoms with van der Waals surface area (Å²) in [5.41, 5.74) is 0.245. The summed E-state index contributed by atoms with van der Waals surface area (Å²) in [6, 6.07) is 5.67.